The Morgan fingerprint density at radius 3 is 1.94 bits per heavy atom. The van der Waals surface area contributed by atoms with Crippen molar-refractivity contribution in [1.82, 2.24) is 9.80 Å². The molecule has 4 rings (SSSR count). The van der Waals surface area contributed by atoms with E-state index in [0.717, 1.165) is 40.9 Å². The third-order valence-corrected chi connectivity index (χ3v) is 7.72. The molecule has 11 heteroatoms. The Balaban J connectivity index is 0.000000343. The van der Waals surface area contributed by atoms with Gasteiger partial charge in [0, 0.05) is 48.5 Å². The summed E-state index contributed by atoms with van der Waals surface area (Å²) in [6.45, 7) is 8.67. The topological polar surface area (TPSA) is 118 Å². The van der Waals surface area contributed by atoms with Crippen LogP contribution in [0.15, 0.2) is 114 Å². The minimum atomic E-state index is -0.843. The van der Waals surface area contributed by atoms with Crippen molar-refractivity contribution in [2.45, 2.75) is 33.2 Å². The van der Waals surface area contributed by atoms with Crippen LogP contribution in [0.1, 0.15) is 43.9 Å². The lowest BCUT2D eigenvalue weighted by atomic mass is 9.98. The van der Waals surface area contributed by atoms with Gasteiger partial charge in [0.05, 0.1) is 19.8 Å². The first-order valence-corrected chi connectivity index (χ1v) is 16.5. The molecule has 0 aromatic heterocycles. The number of carbonyl (C=O) groups is 3. The van der Waals surface area contributed by atoms with Gasteiger partial charge in [0.25, 0.3) is 0 Å². The second kappa shape index (κ2) is 22.8. The van der Waals surface area contributed by atoms with E-state index in [-0.39, 0.29) is 36.9 Å². The van der Waals surface area contributed by atoms with Crippen molar-refractivity contribution in [2.24, 2.45) is 5.16 Å². The number of hydrogen-bond acceptors (Lipinski definition) is 9. The molecule has 1 heterocycles. The SMILES string of the molecule is CCOC(=O)/C=C(/c1ccccc1)C(C)N(C)CC(=O)OCC.Cl.O=C(O)C1=CCCN(CCON=C(c2ccccc2)c2ccccc2)C1. The van der Waals surface area contributed by atoms with E-state index in [4.69, 9.17) is 19.4 Å². The van der Waals surface area contributed by atoms with Crippen molar-refractivity contribution in [3.8, 4) is 0 Å². The molecule has 1 unspecified atom stereocenters. The number of nitrogens with zero attached hydrogens (tertiary/aromatic N) is 3. The van der Waals surface area contributed by atoms with E-state index in [1.807, 2.05) is 110 Å². The predicted molar refractivity (Wildman–Crippen MR) is 198 cm³/mol. The fourth-order valence-electron chi connectivity index (χ4n) is 5.07. The van der Waals surface area contributed by atoms with Gasteiger partial charge in [-0.2, -0.15) is 0 Å². The van der Waals surface area contributed by atoms with Gasteiger partial charge in [-0.15, -0.1) is 12.4 Å². The first-order valence-electron chi connectivity index (χ1n) is 16.5. The molecule has 1 atom stereocenters. The van der Waals surface area contributed by atoms with Crippen LogP contribution in [0, 0.1) is 0 Å². The summed E-state index contributed by atoms with van der Waals surface area (Å²) in [5.74, 6) is -1.52. The highest BCUT2D eigenvalue weighted by atomic mass is 35.5. The normalized spacial score (nSPS) is 13.4. The van der Waals surface area contributed by atoms with Crippen LogP contribution in [0.4, 0.5) is 0 Å². The van der Waals surface area contributed by atoms with Crippen molar-refractivity contribution in [1.29, 1.82) is 0 Å². The monoisotopic (exact) mass is 705 g/mol. The summed E-state index contributed by atoms with van der Waals surface area (Å²) in [7, 11) is 1.82. The third kappa shape index (κ3) is 14.0. The number of hydrogen-bond donors (Lipinski definition) is 1. The van der Waals surface area contributed by atoms with Crippen LogP contribution in [0.3, 0.4) is 0 Å². The van der Waals surface area contributed by atoms with Crippen LogP contribution in [0.2, 0.25) is 0 Å². The molecule has 1 N–H and O–H groups in total. The molecule has 0 fully saturated rings. The van der Waals surface area contributed by atoms with Crippen LogP contribution < -0.4 is 0 Å². The number of halogens is 1. The second-order valence-electron chi connectivity index (χ2n) is 11.2. The lowest BCUT2D eigenvalue weighted by Gasteiger charge is -2.26. The minimum absolute atomic E-state index is 0. The molecule has 50 heavy (non-hydrogen) atoms. The fraction of sp³-hybridized carbons (Fsp3) is 0.333. The smallest absolute Gasteiger partial charge is 0.332 e. The van der Waals surface area contributed by atoms with Crippen molar-refractivity contribution in [3.05, 3.63) is 125 Å². The van der Waals surface area contributed by atoms with Gasteiger partial charge in [-0.05, 0) is 45.4 Å². The summed E-state index contributed by atoms with van der Waals surface area (Å²) in [6.07, 6.45) is 4.04. The van der Waals surface area contributed by atoms with E-state index in [1.165, 1.54) is 6.08 Å². The van der Waals surface area contributed by atoms with Crippen molar-refractivity contribution in [3.63, 3.8) is 0 Å². The van der Waals surface area contributed by atoms with E-state index in [2.05, 4.69) is 10.1 Å². The lowest BCUT2D eigenvalue weighted by Crippen LogP contribution is -2.35. The molecule has 1 aliphatic rings. The number of rotatable bonds is 15. The zero-order valence-corrected chi connectivity index (χ0v) is 30.0. The summed E-state index contributed by atoms with van der Waals surface area (Å²) in [6, 6.07) is 29.3. The second-order valence-corrected chi connectivity index (χ2v) is 11.2. The van der Waals surface area contributed by atoms with Crippen molar-refractivity contribution >= 4 is 41.6 Å². The largest absolute Gasteiger partial charge is 0.478 e. The molecule has 0 spiro atoms. The Morgan fingerprint density at radius 2 is 1.42 bits per heavy atom. The van der Waals surface area contributed by atoms with Crippen molar-refractivity contribution in [2.75, 3.05) is 53.0 Å². The van der Waals surface area contributed by atoms with Gasteiger partial charge in [0.2, 0.25) is 0 Å². The molecular formula is C39H48ClN3O7. The highest BCUT2D eigenvalue weighted by Crippen LogP contribution is 2.22. The van der Waals surface area contributed by atoms with Gasteiger partial charge in [0.15, 0.2) is 0 Å². The Kier molecular flexibility index (Phi) is 18.9. The van der Waals surface area contributed by atoms with E-state index in [9.17, 15) is 14.4 Å². The minimum Gasteiger partial charge on any atom is -0.478 e. The maximum Gasteiger partial charge on any atom is 0.332 e. The molecular weight excluding hydrogens is 658 g/mol. The zero-order valence-electron chi connectivity index (χ0n) is 29.2. The summed E-state index contributed by atoms with van der Waals surface area (Å²) in [5.41, 5.74) is 4.95. The van der Waals surface area contributed by atoms with Crippen LogP contribution >= 0.6 is 12.4 Å². The molecule has 10 nitrogen and oxygen atoms in total. The first kappa shape index (κ1) is 41.4. The Morgan fingerprint density at radius 1 is 0.880 bits per heavy atom. The number of esters is 2. The highest BCUT2D eigenvalue weighted by Gasteiger charge is 2.20. The molecule has 0 radical (unpaired) electrons. The van der Waals surface area contributed by atoms with E-state index in [1.54, 1.807) is 19.9 Å². The fourth-order valence-corrected chi connectivity index (χ4v) is 5.07. The standard InChI is InChI=1S/C21H22N2O3.C18H25NO4.ClH/c24-21(25)19-12-7-13-23(16-19)14-15-26-22-20(17-8-3-1-4-9-17)18-10-5-2-6-11-18;1-5-22-17(20)12-16(15-10-8-7-9-11-15)14(3)19(4)13-18(21)23-6-2;/h1-6,8-12H,7,13-16H2,(H,24,25);7-12,14H,5-6,13H2,1-4H3;1H/b;16-12+;. The van der Waals surface area contributed by atoms with Gasteiger partial charge in [-0.3, -0.25) is 14.6 Å². The van der Waals surface area contributed by atoms with Gasteiger partial charge in [-0.25, -0.2) is 9.59 Å². The number of likely N-dealkylation sites (N-methyl/N-ethyl adjacent to an activating group) is 1. The van der Waals surface area contributed by atoms with Crippen LogP contribution in [0.25, 0.3) is 5.57 Å². The first-order chi connectivity index (χ1) is 23.7. The number of benzene rings is 3. The zero-order chi connectivity index (χ0) is 35.4. The van der Waals surface area contributed by atoms with E-state index >= 15 is 0 Å². The van der Waals surface area contributed by atoms with E-state index < -0.39 is 5.97 Å². The molecule has 268 valence electrons. The highest BCUT2D eigenvalue weighted by molar-refractivity contribution is 6.12. The Bertz CT molecular complexity index is 1520. The van der Waals surface area contributed by atoms with Gasteiger partial charge in [0.1, 0.15) is 12.3 Å². The molecule has 0 saturated heterocycles. The quantitative estimate of drug-likeness (QED) is 0.0657. The average Bonchev–Trinajstić information content (AvgIpc) is 3.12. The van der Waals surface area contributed by atoms with Gasteiger partial charge < -0.3 is 19.4 Å². The molecule has 3 aromatic rings. The van der Waals surface area contributed by atoms with Crippen molar-refractivity contribution < 1.29 is 33.8 Å². The lowest BCUT2D eigenvalue weighted by molar-refractivity contribution is -0.144. The summed E-state index contributed by atoms with van der Waals surface area (Å²) < 4.78 is 9.99. The molecule has 1 aliphatic heterocycles. The summed E-state index contributed by atoms with van der Waals surface area (Å²) in [4.78, 5) is 44.1. The maximum atomic E-state index is 11.9. The number of carboxylic acids is 1. The van der Waals surface area contributed by atoms with Gasteiger partial charge in [-0.1, -0.05) is 102 Å². The number of ether oxygens (including phenoxy) is 2. The summed E-state index contributed by atoms with van der Waals surface area (Å²) in [5, 5.41) is 13.5. The number of oxime groups is 1. The summed E-state index contributed by atoms with van der Waals surface area (Å²) >= 11 is 0. The molecule has 0 aliphatic carbocycles. The number of aliphatic carboxylic acids is 1. The molecule has 0 amide bonds. The van der Waals surface area contributed by atoms with Crippen LogP contribution in [-0.2, 0) is 28.7 Å². The van der Waals surface area contributed by atoms with E-state index in [0.29, 0.717) is 38.5 Å². The third-order valence-electron chi connectivity index (χ3n) is 7.72. The molecule has 3 aromatic carbocycles. The van der Waals surface area contributed by atoms with Gasteiger partial charge >= 0.3 is 17.9 Å². The predicted octanol–water partition coefficient (Wildman–Crippen LogP) is 6.11. The number of carboxylic acid groups (broad SMARTS) is 1. The molecule has 0 bridgehead atoms. The molecule has 0 saturated carbocycles. The van der Waals surface area contributed by atoms with Crippen LogP contribution in [0.5, 0.6) is 0 Å². The van der Waals surface area contributed by atoms with Crippen LogP contribution in [-0.4, -0.2) is 97.6 Å². The Labute approximate surface area is 301 Å². The Hall–Kier alpha value is -4.77. The average molecular weight is 706 g/mol. The maximum absolute atomic E-state index is 11.9. The number of carbonyl (C=O) groups excluding carboxylic acids is 2.